The SMILES string of the molecule is Brc1cccc(N(c2ccccc2)c2ccc3c(c2)oc2ccccc23)c1.c1ccc(-c2ccc(N(c3ccc(C45CC6CC(CC(C6)C4)C5)cc3)c3cccc(N(c4ccccc4)c4ccc5c(c4)oc4ccccc45)c3)cc2)cc1.c1ccc(-c2ccc(Nc3ccc(C45CC6CC(CC(C6)C4)C5)cc3)cc2)cc1. The Morgan fingerprint density at radius 3 is 0.955 bits per heavy atom. The number of anilines is 11. The maximum absolute atomic E-state index is 6.39. The van der Waals surface area contributed by atoms with Gasteiger partial charge in [-0.15, -0.1) is 0 Å². The van der Waals surface area contributed by atoms with Gasteiger partial charge in [-0.05, 0) is 302 Å². The zero-order chi connectivity index (χ0) is 73.8. The van der Waals surface area contributed by atoms with E-state index < -0.39 is 0 Å². The van der Waals surface area contributed by atoms with E-state index in [-0.39, 0.29) is 0 Å². The van der Waals surface area contributed by atoms with E-state index in [1.54, 1.807) is 11.1 Å². The second kappa shape index (κ2) is 29.3. The molecule has 0 atom stereocenters. The van der Waals surface area contributed by atoms with E-state index in [0.29, 0.717) is 10.8 Å². The molecule has 14 aromatic carbocycles. The predicted octanol–water partition coefficient (Wildman–Crippen LogP) is 30.0. The number of rotatable bonds is 15. The molecule has 7 heteroatoms. The minimum atomic E-state index is 0.368. The molecule has 0 amide bonds. The molecule has 0 aliphatic heterocycles. The van der Waals surface area contributed by atoms with Gasteiger partial charge in [-0.2, -0.15) is 0 Å². The fourth-order valence-electron chi connectivity index (χ4n) is 21.4. The molecule has 8 aliphatic carbocycles. The van der Waals surface area contributed by atoms with E-state index in [4.69, 9.17) is 8.83 Å². The molecule has 544 valence electrons. The van der Waals surface area contributed by atoms with Crippen molar-refractivity contribution in [2.45, 2.75) is 87.9 Å². The van der Waals surface area contributed by atoms with Crippen LogP contribution in [0.15, 0.2) is 365 Å². The summed E-state index contributed by atoms with van der Waals surface area (Å²) in [6.07, 6.45) is 17.4. The highest BCUT2D eigenvalue weighted by Gasteiger charge is 2.53. The van der Waals surface area contributed by atoms with Crippen LogP contribution in [0.5, 0.6) is 0 Å². The van der Waals surface area contributed by atoms with Crippen LogP contribution in [0.25, 0.3) is 66.1 Å². The van der Waals surface area contributed by atoms with Crippen molar-refractivity contribution in [2.24, 2.45) is 35.5 Å². The Bertz CT molecular complexity index is 5890. The Morgan fingerprint density at radius 1 is 0.243 bits per heavy atom. The summed E-state index contributed by atoms with van der Waals surface area (Å²) < 4.78 is 13.5. The largest absolute Gasteiger partial charge is 0.456 e. The van der Waals surface area contributed by atoms with Crippen LogP contribution >= 0.6 is 15.9 Å². The second-order valence-electron chi connectivity index (χ2n) is 32.7. The summed E-state index contributed by atoms with van der Waals surface area (Å²) in [4.78, 5) is 6.99. The lowest BCUT2D eigenvalue weighted by Gasteiger charge is -2.57. The van der Waals surface area contributed by atoms with Crippen molar-refractivity contribution in [3.05, 3.63) is 367 Å². The summed E-state index contributed by atoms with van der Waals surface area (Å²) in [5.74, 6) is 5.78. The first-order chi connectivity index (χ1) is 54.7. The second-order valence-corrected chi connectivity index (χ2v) is 33.7. The van der Waals surface area contributed by atoms with Crippen molar-refractivity contribution in [3.8, 4) is 22.3 Å². The third-order valence-corrected chi connectivity index (χ3v) is 26.0. The number of para-hydroxylation sites is 4. The molecule has 8 aliphatic rings. The van der Waals surface area contributed by atoms with Crippen LogP contribution in [0.4, 0.5) is 62.6 Å². The zero-order valence-corrected chi connectivity index (χ0v) is 64.1. The molecular weight excluding hydrogens is 1420 g/mol. The predicted molar refractivity (Wildman–Crippen MR) is 466 cm³/mol. The number of halogens is 1. The van der Waals surface area contributed by atoms with Gasteiger partial charge in [0.05, 0.1) is 0 Å². The normalized spacial score (nSPS) is 21.0. The van der Waals surface area contributed by atoms with Crippen LogP contribution in [-0.4, -0.2) is 0 Å². The van der Waals surface area contributed by atoms with E-state index in [1.807, 2.05) is 42.5 Å². The summed E-state index contributed by atoms with van der Waals surface area (Å²) in [6.45, 7) is 0. The first kappa shape index (κ1) is 68.6. The number of furan rings is 2. The summed E-state index contributed by atoms with van der Waals surface area (Å²) in [7, 11) is 0. The van der Waals surface area contributed by atoms with E-state index in [1.165, 1.54) is 111 Å². The summed E-state index contributed by atoms with van der Waals surface area (Å²) in [5, 5.41) is 8.13. The van der Waals surface area contributed by atoms with Crippen LogP contribution in [0, 0.1) is 35.5 Å². The molecule has 1 N–H and O–H groups in total. The Hall–Kier alpha value is -11.6. The van der Waals surface area contributed by atoms with E-state index in [9.17, 15) is 0 Å². The van der Waals surface area contributed by atoms with Crippen molar-refractivity contribution in [3.63, 3.8) is 0 Å². The first-order valence-electron chi connectivity index (χ1n) is 40.2. The van der Waals surface area contributed by atoms with Crippen LogP contribution in [0.2, 0.25) is 0 Å². The average Bonchev–Trinajstić information content (AvgIpc) is 1.50. The zero-order valence-electron chi connectivity index (χ0n) is 62.5. The first-order valence-corrected chi connectivity index (χ1v) is 41.0. The molecule has 6 nitrogen and oxygen atoms in total. The Kier molecular flexibility index (Phi) is 18.1. The smallest absolute Gasteiger partial charge is 0.137 e. The van der Waals surface area contributed by atoms with Crippen molar-refractivity contribution in [2.75, 3.05) is 20.0 Å². The topological polar surface area (TPSA) is 48.0 Å². The van der Waals surface area contributed by atoms with Gasteiger partial charge in [0.25, 0.3) is 0 Å². The monoisotopic (exact) mass is 1500 g/mol. The number of nitrogens with zero attached hydrogens (tertiary/aromatic N) is 3. The van der Waals surface area contributed by atoms with Gasteiger partial charge in [-0.25, -0.2) is 0 Å². The van der Waals surface area contributed by atoms with Crippen molar-refractivity contribution >= 4 is 122 Å². The van der Waals surface area contributed by atoms with E-state index in [2.05, 4.69) is 345 Å². The Balaban J connectivity index is 0.000000120. The van der Waals surface area contributed by atoms with E-state index in [0.717, 1.165) is 135 Å². The molecule has 0 saturated heterocycles. The van der Waals surface area contributed by atoms with Crippen LogP contribution in [-0.2, 0) is 10.8 Å². The third kappa shape index (κ3) is 13.7. The lowest BCUT2D eigenvalue weighted by Crippen LogP contribution is -2.48. The van der Waals surface area contributed by atoms with Crippen LogP contribution < -0.4 is 20.0 Å². The highest BCUT2D eigenvalue weighted by Crippen LogP contribution is 2.63. The van der Waals surface area contributed by atoms with Crippen LogP contribution in [0.3, 0.4) is 0 Å². The average molecular weight is 1510 g/mol. The highest BCUT2D eigenvalue weighted by atomic mass is 79.9. The molecule has 0 unspecified atom stereocenters. The molecule has 8 bridgehead atoms. The summed E-state index contributed by atoms with van der Waals surface area (Å²) >= 11 is 3.59. The van der Waals surface area contributed by atoms with Crippen LogP contribution in [0.1, 0.15) is 88.2 Å². The van der Waals surface area contributed by atoms with Gasteiger partial charge in [0.2, 0.25) is 0 Å². The Labute approximate surface area is 659 Å². The van der Waals surface area contributed by atoms with E-state index >= 15 is 0 Å². The quantitative estimate of drug-likeness (QED) is 0.110. The highest BCUT2D eigenvalue weighted by molar-refractivity contribution is 9.10. The summed E-state index contributed by atoms with van der Waals surface area (Å²) in [6, 6.07) is 126. The van der Waals surface area contributed by atoms with Gasteiger partial charge in [0, 0.05) is 101 Å². The number of hydrogen-bond acceptors (Lipinski definition) is 6. The molecule has 2 heterocycles. The van der Waals surface area contributed by atoms with Gasteiger partial charge >= 0.3 is 0 Å². The number of fused-ring (bicyclic) bond motifs is 6. The maximum atomic E-state index is 6.39. The minimum absolute atomic E-state index is 0.368. The fourth-order valence-corrected chi connectivity index (χ4v) is 21.8. The number of benzene rings is 14. The molecule has 0 spiro atoms. The van der Waals surface area contributed by atoms with Gasteiger partial charge in [-0.1, -0.05) is 210 Å². The molecule has 24 rings (SSSR count). The van der Waals surface area contributed by atoms with Gasteiger partial charge in [0.1, 0.15) is 22.3 Å². The fraction of sp³-hybridized carbons (Fsp3) is 0.192. The number of nitrogens with one attached hydrogen (secondary N) is 1. The van der Waals surface area contributed by atoms with Crippen molar-refractivity contribution in [1.29, 1.82) is 0 Å². The molecule has 111 heavy (non-hydrogen) atoms. The number of hydrogen-bond donors (Lipinski definition) is 1. The molecular formula is C104H89BrN4O2. The third-order valence-electron chi connectivity index (χ3n) is 25.5. The van der Waals surface area contributed by atoms with Gasteiger partial charge in [0.15, 0.2) is 0 Å². The van der Waals surface area contributed by atoms with Crippen molar-refractivity contribution < 1.29 is 8.83 Å². The molecule has 8 fully saturated rings. The Morgan fingerprint density at radius 2 is 0.532 bits per heavy atom. The van der Waals surface area contributed by atoms with Gasteiger partial charge in [-0.3, -0.25) is 0 Å². The lowest BCUT2D eigenvalue weighted by molar-refractivity contribution is -0.00530. The maximum Gasteiger partial charge on any atom is 0.137 e. The molecule has 16 aromatic rings. The summed E-state index contributed by atoms with van der Waals surface area (Å²) in [5.41, 5.74) is 24.8. The lowest BCUT2D eigenvalue weighted by atomic mass is 9.48. The molecule has 8 saturated carbocycles. The molecule has 2 aromatic heterocycles. The minimum Gasteiger partial charge on any atom is -0.456 e. The standard InChI is InChI=1S/C52H44N2O.C28H29N.C24H16BrNO/c1-3-10-39(11-4-1)40-18-22-43(23-19-40)53(44-24-20-41(21-25-44)52-33-36-28-37(34-52)30-38(29-36)35-52)45-14-9-15-46(31-45)54(42-12-5-2-6-13-42)47-26-27-49-48-16-7-8-17-50(48)55-51(49)32-47;1-2-4-23(5-3-1)24-6-10-26(11-7-24)29-27-12-8-25(9-13-27)28-17-20-14-21(18-28)16-22(15-20)19-28;25-17-7-6-10-19(15-17)26(18-8-2-1-3-9-18)20-13-14-22-21-11-4-5-12-23(21)27-24(22)16-20/h1-27,31-32,36-38H,28-30,33-35H2;1-13,20-22,29H,14-19H2;1-16H. The molecule has 0 radical (unpaired) electrons. The van der Waals surface area contributed by atoms with Crippen molar-refractivity contribution in [1.82, 2.24) is 0 Å². The van der Waals surface area contributed by atoms with Gasteiger partial charge < -0.3 is 28.9 Å².